The summed E-state index contributed by atoms with van der Waals surface area (Å²) in [6.45, 7) is 6.92. The zero-order chi connectivity index (χ0) is 13.3. The minimum absolute atomic E-state index is 0.518. The topological polar surface area (TPSA) is 67.4 Å². The van der Waals surface area contributed by atoms with Gasteiger partial charge in [-0.25, -0.2) is 4.79 Å². The molecule has 2 atom stereocenters. The maximum absolute atomic E-state index is 12.2. The molecule has 2 rings (SSSR count). The second kappa shape index (κ2) is 4.64. The van der Waals surface area contributed by atoms with Crippen LogP contribution in [0.5, 0.6) is 0 Å². The third-order valence-electron chi connectivity index (χ3n) is 2.76. The number of fused-ring (bicyclic) bond motifs is 1. The Balaban J connectivity index is 2.88. The lowest BCUT2D eigenvalue weighted by Gasteiger charge is -2.07. The average molecular weight is 246 g/mol. The van der Waals surface area contributed by atoms with Gasteiger partial charge in [-0.3, -0.25) is 9.13 Å². The summed E-state index contributed by atoms with van der Waals surface area (Å²) in [7, 11) is 0. The molecule has 2 aromatic rings. The predicted octanol–water partition coefficient (Wildman–Crippen LogP) is 1.16. The van der Waals surface area contributed by atoms with Crippen LogP contribution >= 0.6 is 0 Å². The highest BCUT2D eigenvalue weighted by Gasteiger charge is 2.19. The lowest BCUT2D eigenvalue weighted by atomic mass is 10.3. The van der Waals surface area contributed by atoms with Crippen LogP contribution < -0.4 is 5.69 Å². The zero-order valence-corrected chi connectivity index (χ0v) is 9.73. The van der Waals surface area contributed by atoms with Gasteiger partial charge in [0.15, 0.2) is 12.5 Å². The Morgan fingerprint density at radius 2 is 1.39 bits per heavy atom. The van der Waals surface area contributed by atoms with Crippen molar-refractivity contribution < 1.29 is 10.2 Å². The molecule has 0 aliphatic carbocycles. The first kappa shape index (κ1) is 12.3. The van der Waals surface area contributed by atoms with E-state index in [1.54, 1.807) is 24.3 Å². The standard InChI is InChI=1S/C13H14N2O3/c1-3-11(16)14-9-7-5-6-8-10(9)15(13(14)18)12(17)4-2/h3-8,11-12,16-17H,1-2H2. The monoisotopic (exact) mass is 246 g/mol. The molecule has 94 valence electrons. The number of hydrogen-bond donors (Lipinski definition) is 2. The van der Waals surface area contributed by atoms with E-state index in [9.17, 15) is 15.0 Å². The van der Waals surface area contributed by atoms with Gasteiger partial charge in [-0.2, -0.15) is 0 Å². The zero-order valence-electron chi connectivity index (χ0n) is 9.73. The number of aliphatic hydroxyl groups excluding tert-OH is 2. The summed E-state index contributed by atoms with van der Waals surface area (Å²) in [4.78, 5) is 12.2. The number of para-hydroxylation sites is 2. The number of hydrogen-bond acceptors (Lipinski definition) is 3. The van der Waals surface area contributed by atoms with Crippen molar-refractivity contribution in [3.63, 3.8) is 0 Å². The van der Waals surface area contributed by atoms with Crippen LogP contribution in [-0.4, -0.2) is 19.3 Å². The second-order valence-corrected chi connectivity index (χ2v) is 3.81. The van der Waals surface area contributed by atoms with E-state index in [1.165, 1.54) is 12.2 Å². The Hall–Kier alpha value is -2.11. The fraction of sp³-hybridized carbons (Fsp3) is 0.154. The summed E-state index contributed by atoms with van der Waals surface area (Å²) in [5.41, 5.74) is 0.530. The number of aromatic nitrogens is 2. The Labute approximate surface area is 104 Å². The van der Waals surface area contributed by atoms with Crippen LogP contribution in [0.3, 0.4) is 0 Å². The number of imidazole rings is 1. The van der Waals surface area contributed by atoms with Crippen LogP contribution in [0, 0.1) is 0 Å². The largest absolute Gasteiger partial charge is 0.369 e. The molecule has 0 amide bonds. The van der Waals surface area contributed by atoms with Crippen molar-refractivity contribution in [2.45, 2.75) is 12.5 Å². The lowest BCUT2D eigenvalue weighted by molar-refractivity contribution is 0.136. The quantitative estimate of drug-likeness (QED) is 0.795. The van der Waals surface area contributed by atoms with Gasteiger partial charge in [-0.05, 0) is 24.3 Å². The van der Waals surface area contributed by atoms with Crippen molar-refractivity contribution in [2.75, 3.05) is 0 Å². The van der Waals surface area contributed by atoms with Crippen LogP contribution in [0.25, 0.3) is 11.0 Å². The average Bonchev–Trinajstić information content (AvgIpc) is 2.69. The van der Waals surface area contributed by atoms with Crippen LogP contribution in [0.2, 0.25) is 0 Å². The molecule has 2 unspecified atom stereocenters. The van der Waals surface area contributed by atoms with E-state index in [2.05, 4.69) is 13.2 Å². The summed E-state index contributed by atoms with van der Waals surface area (Å²) < 4.78 is 2.32. The molecule has 0 aliphatic heterocycles. The summed E-state index contributed by atoms with van der Waals surface area (Å²) in [6, 6.07) is 6.88. The SMILES string of the molecule is C=CC(O)n1c(=O)n(C(O)C=C)c2ccccc21. The van der Waals surface area contributed by atoms with E-state index >= 15 is 0 Å². The van der Waals surface area contributed by atoms with E-state index < -0.39 is 18.1 Å². The molecule has 1 aromatic carbocycles. The highest BCUT2D eigenvalue weighted by molar-refractivity contribution is 5.76. The van der Waals surface area contributed by atoms with E-state index in [4.69, 9.17) is 0 Å². The van der Waals surface area contributed by atoms with Crippen molar-refractivity contribution in [1.29, 1.82) is 0 Å². The maximum atomic E-state index is 12.2. The first-order valence-corrected chi connectivity index (χ1v) is 5.44. The third kappa shape index (κ3) is 1.70. The maximum Gasteiger partial charge on any atom is 0.333 e. The third-order valence-corrected chi connectivity index (χ3v) is 2.76. The molecule has 0 aliphatic rings. The van der Waals surface area contributed by atoms with Gasteiger partial charge in [0.25, 0.3) is 0 Å². The number of rotatable bonds is 4. The molecule has 5 heteroatoms. The smallest absolute Gasteiger partial charge is 0.333 e. The lowest BCUT2D eigenvalue weighted by Crippen LogP contribution is -2.28. The van der Waals surface area contributed by atoms with Gasteiger partial charge in [-0.1, -0.05) is 25.3 Å². The molecule has 0 spiro atoms. The molecule has 1 aromatic heterocycles. The number of aliphatic hydroxyl groups is 2. The van der Waals surface area contributed by atoms with Gasteiger partial charge in [0, 0.05) is 0 Å². The van der Waals surface area contributed by atoms with Crippen molar-refractivity contribution in [1.82, 2.24) is 9.13 Å². The summed E-state index contributed by atoms with van der Waals surface area (Å²) in [5.74, 6) is 0. The van der Waals surface area contributed by atoms with Gasteiger partial charge in [-0.15, -0.1) is 0 Å². The summed E-state index contributed by atoms with van der Waals surface area (Å²) in [5, 5.41) is 19.6. The number of nitrogens with zero attached hydrogens (tertiary/aromatic N) is 2. The fourth-order valence-corrected chi connectivity index (χ4v) is 1.92. The fourth-order valence-electron chi connectivity index (χ4n) is 1.92. The van der Waals surface area contributed by atoms with Gasteiger partial charge >= 0.3 is 5.69 Å². The van der Waals surface area contributed by atoms with Crippen molar-refractivity contribution in [3.8, 4) is 0 Å². The van der Waals surface area contributed by atoms with E-state index in [0.29, 0.717) is 11.0 Å². The molecule has 2 N–H and O–H groups in total. The molecule has 0 bridgehead atoms. The molecule has 0 saturated heterocycles. The molecule has 1 heterocycles. The predicted molar refractivity (Wildman–Crippen MR) is 69.1 cm³/mol. The van der Waals surface area contributed by atoms with Crippen LogP contribution in [0.4, 0.5) is 0 Å². The Kier molecular flexibility index (Phi) is 3.18. The normalized spacial score (nSPS) is 14.3. The molecular formula is C13H14N2O3. The molecule has 0 fully saturated rings. The van der Waals surface area contributed by atoms with Crippen molar-refractivity contribution in [2.24, 2.45) is 0 Å². The second-order valence-electron chi connectivity index (χ2n) is 3.81. The molecular weight excluding hydrogens is 232 g/mol. The van der Waals surface area contributed by atoms with Crippen LogP contribution in [-0.2, 0) is 0 Å². The highest BCUT2D eigenvalue weighted by Crippen LogP contribution is 2.19. The molecule has 18 heavy (non-hydrogen) atoms. The first-order chi connectivity index (χ1) is 8.61. The Bertz CT molecular complexity index is 600. The summed E-state index contributed by atoms with van der Waals surface area (Å²) in [6.07, 6.45) is 0.220. The molecule has 0 radical (unpaired) electrons. The van der Waals surface area contributed by atoms with E-state index in [1.807, 2.05) is 0 Å². The van der Waals surface area contributed by atoms with E-state index in [-0.39, 0.29) is 0 Å². The van der Waals surface area contributed by atoms with Gasteiger partial charge in [0.2, 0.25) is 0 Å². The van der Waals surface area contributed by atoms with E-state index in [0.717, 1.165) is 9.13 Å². The number of benzene rings is 1. The van der Waals surface area contributed by atoms with Crippen LogP contribution in [0.15, 0.2) is 54.4 Å². The van der Waals surface area contributed by atoms with Gasteiger partial charge < -0.3 is 10.2 Å². The van der Waals surface area contributed by atoms with Gasteiger partial charge in [0.05, 0.1) is 11.0 Å². The summed E-state index contributed by atoms with van der Waals surface area (Å²) >= 11 is 0. The molecule has 0 saturated carbocycles. The minimum Gasteiger partial charge on any atom is -0.369 e. The minimum atomic E-state index is -1.14. The van der Waals surface area contributed by atoms with Gasteiger partial charge in [0.1, 0.15) is 0 Å². The first-order valence-electron chi connectivity index (χ1n) is 5.44. The highest BCUT2D eigenvalue weighted by atomic mass is 16.3. The Morgan fingerprint density at radius 3 is 1.72 bits per heavy atom. The van der Waals surface area contributed by atoms with Crippen LogP contribution in [0.1, 0.15) is 12.5 Å². The molecule has 5 nitrogen and oxygen atoms in total. The van der Waals surface area contributed by atoms with Crippen molar-refractivity contribution >= 4 is 11.0 Å². The Morgan fingerprint density at radius 1 is 1.00 bits per heavy atom. The van der Waals surface area contributed by atoms with Crippen molar-refractivity contribution in [3.05, 3.63) is 60.1 Å².